The van der Waals surface area contributed by atoms with E-state index in [1.54, 1.807) is 42.5 Å². The summed E-state index contributed by atoms with van der Waals surface area (Å²) in [7, 11) is 0. The maximum atomic E-state index is 12.4. The molecular formula is C17H15Br2N3O2S. The molecule has 0 aromatic heterocycles. The first-order chi connectivity index (χ1) is 11.5. The number of carbonyl (C=O) groups is 2. The summed E-state index contributed by atoms with van der Waals surface area (Å²) in [5.74, 6) is 0.0981. The number of rotatable bonds is 5. The largest absolute Gasteiger partial charge is 0.361 e. The van der Waals surface area contributed by atoms with E-state index in [2.05, 4.69) is 21.2 Å². The van der Waals surface area contributed by atoms with Crippen LogP contribution in [0.2, 0.25) is 0 Å². The minimum absolute atomic E-state index is 0. The van der Waals surface area contributed by atoms with Gasteiger partial charge in [0.25, 0.3) is 11.1 Å². The molecule has 2 aromatic carbocycles. The highest BCUT2D eigenvalue weighted by Gasteiger charge is 2.13. The number of carbonyl (C=O) groups excluding carboxylic acids is 2. The van der Waals surface area contributed by atoms with Crippen molar-refractivity contribution in [1.82, 2.24) is 5.32 Å². The molecule has 0 atom stereocenters. The Balaban J connectivity index is 0.00000312. The molecule has 0 aliphatic carbocycles. The number of amides is 2. The number of halogens is 2. The van der Waals surface area contributed by atoms with Gasteiger partial charge < -0.3 is 11.1 Å². The van der Waals surface area contributed by atoms with Crippen LogP contribution in [0.25, 0.3) is 0 Å². The molecule has 0 spiro atoms. The standard InChI is InChI=1S/C17H14BrN3O2S.BrH/c18-14-5-6-15(13(7-14)10-24-17(20)23)16(22)21-9-12-3-1-11(8-19)2-4-12;/h1-7H,9-10H2,(H2,20,23)(H,21,22);1H. The first-order valence-electron chi connectivity index (χ1n) is 6.97. The zero-order valence-electron chi connectivity index (χ0n) is 13.0. The Kier molecular flexibility index (Phi) is 8.69. The second kappa shape index (κ2) is 10.2. The monoisotopic (exact) mass is 483 g/mol. The van der Waals surface area contributed by atoms with Crippen LogP contribution in [-0.4, -0.2) is 11.1 Å². The smallest absolute Gasteiger partial charge is 0.276 e. The topological polar surface area (TPSA) is 96.0 Å². The number of thioether (sulfide) groups is 1. The van der Waals surface area contributed by atoms with Gasteiger partial charge in [-0.15, -0.1) is 17.0 Å². The van der Waals surface area contributed by atoms with E-state index in [9.17, 15) is 9.59 Å². The minimum Gasteiger partial charge on any atom is -0.361 e. The fourth-order valence-corrected chi connectivity index (χ4v) is 2.97. The van der Waals surface area contributed by atoms with Crippen molar-refractivity contribution in [2.24, 2.45) is 5.73 Å². The van der Waals surface area contributed by atoms with E-state index in [0.717, 1.165) is 27.4 Å². The SMILES string of the molecule is Br.N#Cc1ccc(CNC(=O)c2ccc(Br)cc2CSC(N)=O)cc1. The third kappa shape index (κ3) is 6.53. The minimum atomic E-state index is -0.487. The molecular weight excluding hydrogens is 470 g/mol. The number of nitrogens with one attached hydrogen (secondary N) is 1. The first kappa shape index (κ1) is 21.2. The lowest BCUT2D eigenvalue weighted by Crippen LogP contribution is -2.24. The van der Waals surface area contributed by atoms with Crippen molar-refractivity contribution in [3.8, 4) is 6.07 Å². The van der Waals surface area contributed by atoms with Crippen molar-refractivity contribution in [1.29, 1.82) is 5.26 Å². The van der Waals surface area contributed by atoms with Gasteiger partial charge in [0.1, 0.15) is 0 Å². The van der Waals surface area contributed by atoms with Crippen LogP contribution in [0, 0.1) is 11.3 Å². The molecule has 0 bridgehead atoms. The first-order valence-corrected chi connectivity index (χ1v) is 8.75. The Morgan fingerprint density at radius 1 is 1.20 bits per heavy atom. The van der Waals surface area contributed by atoms with Gasteiger partial charge in [-0.3, -0.25) is 9.59 Å². The number of nitriles is 1. The van der Waals surface area contributed by atoms with Crippen molar-refractivity contribution in [2.75, 3.05) is 0 Å². The summed E-state index contributed by atoms with van der Waals surface area (Å²) in [6.07, 6.45) is 0. The summed E-state index contributed by atoms with van der Waals surface area (Å²) in [5, 5.41) is 11.1. The van der Waals surface area contributed by atoms with Crippen molar-refractivity contribution in [2.45, 2.75) is 12.3 Å². The number of primary amides is 1. The second-order valence-corrected chi connectivity index (χ2v) is 6.80. The van der Waals surface area contributed by atoms with E-state index in [4.69, 9.17) is 11.0 Å². The van der Waals surface area contributed by atoms with Crippen LogP contribution in [-0.2, 0) is 12.3 Å². The average molecular weight is 485 g/mol. The van der Waals surface area contributed by atoms with E-state index in [-0.39, 0.29) is 22.9 Å². The predicted molar refractivity (Wildman–Crippen MR) is 108 cm³/mol. The molecule has 0 aliphatic rings. The lowest BCUT2D eigenvalue weighted by atomic mass is 10.1. The maximum Gasteiger partial charge on any atom is 0.276 e. The summed E-state index contributed by atoms with van der Waals surface area (Å²) < 4.78 is 0.825. The van der Waals surface area contributed by atoms with E-state index in [1.165, 1.54) is 0 Å². The fourth-order valence-electron chi connectivity index (χ4n) is 2.03. The van der Waals surface area contributed by atoms with Gasteiger partial charge in [0.15, 0.2) is 0 Å². The van der Waals surface area contributed by atoms with E-state index in [0.29, 0.717) is 23.4 Å². The third-order valence-electron chi connectivity index (χ3n) is 3.22. The van der Waals surface area contributed by atoms with Gasteiger partial charge in [0.2, 0.25) is 0 Å². The molecule has 2 amide bonds. The van der Waals surface area contributed by atoms with Crippen molar-refractivity contribution in [3.05, 3.63) is 69.2 Å². The highest BCUT2D eigenvalue weighted by molar-refractivity contribution is 9.10. The van der Waals surface area contributed by atoms with Gasteiger partial charge in [0.05, 0.1) is 11.6 Å². The molecule has 0 radical (unpaired) electrons. The summed E-state index contributed by atoms with van der Waals surface area (Å²) in [6.45, 7) is 0.350. The fraction of sp³-hybridized carbons (Fsp3) is 0.118. The average Bonchev–Trinajstić information content (AvgIpc) is 2.58. The quantitative estimate of drug-likeness (QED) is 0.666. The van der Waals surface area contributed by atoms with E-state index in [1.807, 2.05) is 6.07 Å². The summed E-state index contributed by atoms with van der Waals surface area (Å²) >= 11 is 4.31. The molecule has 25 heavy (non-hydrogen) atoms. The number of nitrogens with two attached hydrogens (primary N) is 1. The summed E-state index contributed by atoms with van der Waals surface area (Å²) in [6, 6.07) is 14.3. The van der Waals surface area contributed by atoms with Crippen molar-refractivity contribution < 1.29 is 9.59 Å². The maximum absolute atomic E-state index is 12.4. The molecule has 0 saturated carbocycles. The molecule has 5 nitrogen and oxygen atoms in total. The van der Waals surface area contributed by atoms with E-state index >= 15 is 0 Å². The van der Waals surface area contributed by atoms with Crippen molar-refractivity contribution in [3.63, 3.8) is 0 Å². The van der Waals surface area contributed by atoms with Crippen LogP contribution < -0.4 is 11.1 Å². The number of nitrogens with zero attached hydrogens (tertiary/aromatic N) is 1. The van der Waals surface area contributed by atoms with Gasteiger partial charge in [-0.2, -0.15) is 5.26 Å². The highest BCUT2D eigenvalue weighted by atomic mass is 79.9. The molecule has 2 rings (SSSR count). The van der Waals surface area contributed by atoms with Gasteiger partial charge in [-0.05, 0) is 41.5 Å². The lowest BCUT2D eigenvalue weighted by molar-refractivity contribution is 0.0950. The Morgan fingerprint density at radius 3 is 2.48 bits per heavy atom. The number of hydrogen-bond acceptors (Lipinski definition) is 4. The normalized spacial score (nSPS) is 9.60. The molecule has 0 saturated heterocycles. The van der Waals surface area contributed by atoms with Crippen LogP contribution in [0.5, 0.6) is 0 Å². The van der Waals surface area contributed by atoms with Gasteiger partial charge >= 0.3 is 0 Å². The lowest BCUT2D eigenvalue weighted by Gasteiger charge is -2.10. The van der Waals surface area contributed by atoms with Crippen LogP contribution in [0.1, 0.15) is 27.0 Å². The van der Waals surface area contributed by atoms with Gasteiger partial charge in [-0.1, -0.05) is 39.8 Å². The molecule has 130 valence electrons. The Labute approximate surface area is 168 Å². The summed E-state index contributed by atoms with van der Waals surface area (Å²) in [4.78, 5) is 23.4. The van der Waals surface area contributed by atoms with Crippen LogP contribution in [0.4, 0.5) is 4.79 Å². The molecule has 0 heterocycles. The molecule has 0 fully saturated rings. The van der Waals surface area contributed by atoms with Crippen LogP contribution >= 0.6 is 44.7 Å². The number of hydrogen-bond donors (Lipinski definition) is 2. The second-order valence-electron chi connectivity index (χ2n) is 4.90. The summed E-state index contributed by atoms with van der Waals surface area (Å²) in [5.41, 5.74) is 7.85. The Hall–Kier alpha value is -1.82. The highest BCUT2D eigenvalue weighted by Crippen LogP contribution is 2.21. The van der Waals surface area contributed by atoms with Crippen LogP contribution in [0.15, 0.2) is 46.9 Å². The molecule has 3 N–H and O–H groups in total. The third-order valence-corrected chi connectivity index (χ3v) is 4.45. The Bertz CT molecular complexity index is 805. The van der Waals surface area contributed by atoms with Gasteiger partial charge in [0, 0.05) is 22.3 Å². The van der Waals surface area contributed by atoms with Crippen LogP contribution in [0.3, 0.4) is 0 Å². The zero-order chi connectivity index (χ0) is 17.5. The molecule has 0 unspecified atom stereocenters. The molecule has 2 aromatic rings. The predicted octanol–water partition coefficient (Wildman–Crippen LogP) is 4.14. The van der Waals surface area contributed by atoms with Gasteiger partial charge in [-0.25, -0.2) is 0 Å². The van der Waals surface area contributed by atoms with Crippen molar-refractivity contribution >= 4 is 55.8 Å². The Morgan fingerprint density at radius 2 is 1.88 bits per heavy atom. The van der Waals surface area contributed by atoms with E-state index < -0.39 is 5.24 Å². The molecule has 8 heteroatoms. The zero-order valence-corrected chi connectivity index (χ0v) is 17.1. The molecule has 0 aliphatic heterocycles. The number of benzene rings is 2.